The predicted octanol–water partition coefficient (Wildman–Crippen LogP) is 3.36. The van der Waals surface area contributed by atoms with Gasteiger partial charge in [0.1, 0.15) is 12.4 Å². The fraction of sp³-hybridized carbons (Fsp3) is 0.520. The van der Waals surface area contributed by atoms with Crippen molar-refractivity contribution in [1.82, 2.24) is 20.0 Å². The van der Waals surface area contributed by atoms with Crippen LogP contribution in [0.2, 0.25) is 0 Å². The zero-order chi connectivity index (χ0) is 23.4. The van der Waals surface area contributed by atoms with E-state index in [1.54, 1.807) is 17.0 Å². The van der Waals surface area contributed by atoms with Crippen molar-refractivity contribution in [2.75, 3.05) is 37.6 Å². The molecule has 1 saturated carbocycles. The molecule has 1 aromatic carbocycles. The maximum absolute atomic E-state index is 13.1. The highest BCUT2D eigenvalue weighted by molar-refractivity contribution is 5.85. The number of nitrogens with zero attached hydrogens (tertiary/aromatic N) is 5. The molecule has 0 spiro atoms. The Morgan fingerprint density at radius 2 is 1.79 bits per heavy atom. The van der Waals surface area contributed by atoms with Crippen molar-refractivity contribution in [2.24, 2.45) is 5.92 Å². The Balaban J connectivity index is 1.34. The first-order chi connectivity index (χ1) is 15.9. The van der Waals surface area contributed by atoms with Gasteiger partial charge in [-0.05, 0) is 61.6 Å². The smallest absolute Gasteiger partial charge is 0.242 e. The highest BCUT2D eigenvalue weighted by Crippen LogP contribution is 2.28. The maximum Gasteiger partial charge on any atom is 0.242 e. The van der Waals surface area contributed by atoms with Gasteiger partial charge in [-0.15, -0.1) is 10.2 Å². The molecule has 0 radical (unpaired) electrons. The van der Waals surface area contributed by atoms with E-state index in [0.29, 0.717) is 31.7 Å². The number of rotatable bonds is 7. The summed E-state index contributed by atoms with van der Waals surface area (Å²) in [7, 11) is 0. The third-order valence-electron chi connectivity index (χ3n) is 6.16. The SMILES string of the molecule is CC(C)CC(=O)N(CC(=O)N1CCCN(c2ccc(-c3ccc(F)cc3)nn2)CC1)C1CC1. The molecule has 4 rings (SSSR count). The topological polar surface area (TPSA) is 69.6 Å². The number of hydrogen-bond acceptors (Lipinski definition) is 5. The summed E-state index contributed by atoms with van der Waals surface area (Å²) in [4.78, 5) is 31.4. The molecule has 0 bridgehead atoms. The summed E-state index contributed by atoms with van der Waals surface area (Å²) in [6.45, 7) is 6.96. The zero-order valence-electron chi connectivity index (χ0n) is 19.4. The Kier molecular flexibility index (Phi) is 7.20. The molecule has 176 valence electrons. The lowest BCUT2D eigenvalue weighted by atomic mass is 10.1. The van der Waals surface area contributed by atoms with Crippen molar-refractivity contribution >= 4 is 17.6 Å². The number of benzene rings is 1. The maximum atomic E-state index is 13.1. The van der Waals surface area contributed by atoms with Crippen molar-refractivity contribution in [3.63, 3.8) is 0 Å². The van der Waals surface area contributed by atoms with Gasteiger partial charge in [0.05, 0.1) is 5.69 Å². The number of carbonyl (C=O) groups excluding carboxylic acids is 2. The Hall–Kier alpha value is -3.03. The lowest BCUT2D eigenvalue weighted by molar-refractivity contribution is -0.141. The molecule has 1 aliphatic heterocycles. The number of hydrogen-bond donors (Lipinski definition) is 0. The second-order valence-corrected chi connectivity index (χ2v) is 9.36. The van der Waals surface area contributed by atoms with Crippen LogP contribution in [-0.2, 0) is 9.59 Å². The lowest BCUT2D eigenvalue weighted by Crippen LogP contribution is -2.45. The highest BCUT2D eigenvalue weighted by atomic mass is 19.1. The van der Waals surface area contributed by atoms with Crippen molar-refractivity contribution in [3.8, 4) is 11.3 Å². The molecule has 33 heavy (non-hydrogen) atoms. The Morgan fingerprint density at radius 1 is 1.03 bits per heavy atom. The minimum absolute atomic E-state index is 0.0265. The minimum Gasteiger partial charge on any atom is -0.353 e. The van der Waals surface area contributed by atoms with Gasteiger partial charge in [-0.2, -0.15) is 0 Å². The summed E-state index contributed by atoms with van der Waals surface area (Å²) in [6, 6.07) is 10.2. The Morgan fingerprint density at radius 3 is 2.42 bits per heavy atom. The Labute approximate surface area is 194 Å². The quantitative estimate of drug-likeness (QED) is 0.643. The van der Waals surface area contributed by atoms with Gasteiger partial charge in [-0.3, -0.25) is 9.59 Å². The molecular weight excluding hydrogens is 421 g/mol. The van der Waals surface area contributed by atoms with E-state index in [9.17, 15) is 14.0 Å². The molecule has 2 aromatic rings. The van der Waals surface area contributed by atoms with Gasteiger partial charge in [-0.25, -0.2) is 4.39 Å². The summed E-state index contributed by atoms with van der Waals surface area (Å²) in [5.41, 5.74) is 1.51. The van der Waals surface area contributed by atoms with E-state index in [1.165, 1.54) is 12.1 Å². The highest BCUT2D eigenvalue weighted by Gasteiger charge is 2.35. The number of carbonyl (C=O) groups is 2. The van der Waals surface area contributed by atoms with E-state index in [4.69, 9.17) is 0 Å². The van der Waals surface area contributed by atoms with Crippen LogP contribution in [0.25, 0.3) is 11.3 Å². The zero-order valence-corrected chi connectivity index (χ0v) is 19.4. The van der Waals surface area contributed by atoms with Crippen LogP contribution in [0.4, 0.5) is 10.2 Å². The largest absolute Gasteiger partial charge is 0.353 e. The first-order valence-electron chi connectivity index (χ1n) is 11.8. The molecule has 1 aliphatic carbocycles. The predicted molar refractivity (Wildman–Crippen MR) is 125 cm³/mol. The molecule has 0 unspecified atom stereocenters. The molecule has 1 aromatic heterocycles. The molecule has 2 aliphatic rings. The van der Waals surface area contributed by atoms with E-state index in [2.05, 4.69) is 15.1 Å². The normalized spacial score (nSPS) is 16.6. The monoisotopic (exact) mass is 453 g/mol. The summed E-state index contributed by atoms with van der Waals surface area (Å²) in [6.07, 6.45) is 3.32. The van der Waals surface area contributed by atoms with E-state index in [1.807, 2.05) is 30.9 Å². The van der Waals surface area contributed by atoms with Gasteiger partial charge >= 0.3 is 0 Å². The van der Waals surface area contributed by atoms with E-state index >= 15 is 0 Å². The first kappa shape index (κ1) is 23.1. The van der Waals surface area contributed by atoms with Crippen LogP contribution < -0.4 is 4.90 Å². The second-order valence-electron chi connectivity index (χ2n) is 9.36. The lowest BCUT2D eigenvalue weighted by Gasteiger charge is -2.27. The van der Waals surface area contributed by atoms with Crippen LogP contribution in [0.15, 0.2) is 36.4 Å². The van der Waals surface area contributed by atoms with Crippen molar-refractivity contribution in [3.05, 3.63) is 42.2 Å². The van der Waals surface area contributed by atoms with Crippen LogP contribution in [0.5, 0.6) is 0 Å². The second kappa shape index (κ2) is 10.3. The van der Waals surface area contributed by atoms with Gasteiger partial charge < -0.3 is 14.7 Å². The molecular formula is C25H32FN5O2. The van der Waals surface area contributed by atoms with Crippen LogP contribution in [0, 0.1) is 11.7 Å². The van der Waals surface area contributed by atoms with Crippen LogP contribution in [0.1, 0.15) is 39.5 Å². The van der Waals surface area contributed by atoms with Crippen LogP contribution in [0.3, 0.4) is 0 Å². The molecule has 7 nitrogen and oxygen atoms in total. The summed E-state index contributed by atoms with van der Waals surface area (Å²) in [5, 5.41) is 8.68. The molecule has 8 heteroatoms. The van der Waals surface area contributed by atoms with Crippen LogP contribution in [-0.4, -0.2) is 70.6 Å². The van der Waals surface area contributed by atoms with Crippen molar-refractivity contribution in [2.45, 2.75) is 45.6 Å². The molecule has 2 fully saturated rings. The van der Waals surface area contributed by atoms with Crippen molar-refractivity contribution in [1.29, 1.82) is 0 Å². The first-order valence-corrected chi connectivity index (χ1v) is 11.8. The van der Waals surface area contributed by atoms with Crippen LogP contribution >= 0.6 is 0 Å². The summed E-state index contributed by atoms with van der Waals surface area (Å²) >= 11 is 0. The van der Waals surface area contributed by atoms with Gasteiger partial charge in [0.25, 0.3) is 0 Å². The Bertz CT molecular complexity index is 960. The number of anilines is 1. The van der Waals surface area contributed by atoms with E-state index < -0.39 is 0 Å². The van der Waals surface area contributed by atoms with E-state index in [-0.39, 0.29) is 36.1 Å². The fourth-order valence-electron chi connectivity index (χ4n) is 4.18. The molecule has 2 heterocycles. The number of aromatic nitrogens is 2. The van der Waals surface area contributed by atoms with Gasteiger partial charge in [0.2, 0.25) is 11.8 Å². The number of halogens is 1. The van der Waals surface area contributed by atoms with E-state index in [0.717, 1.165) is 37.2 Å². The summed E-state index contributed by atoms with van der Waals surface area (Å²) < 4.78 is 13.1. The molecule has 0 N–H and O–H groups in total. The third kappa shape index (κ3) is 6.06. The standard InChI is InChI=1S/C25H32FN5O2/c1-18(2)16-24(32)31(21-8-9-21)17-25(33)30-13-3-12-29(14-15-30)23-11-10-22(27-28-23)19-4-6-20(26)7-5-19/h4-7,10-11,18,21H,3,8-9,12-17H2,1-2H3. The molecule has 0 atom stereocenters. The van der Waals surface area contributed by atoms with Gasteiger partial charge in [-0.1, -0.05) is 13.8 Å². The third-order valence-corrected chi connectivity index (χ3v) is 6.16. The fourth-order valence-corrected chi connectivity index (χ4v) is 4.18. The molecule has 1 saturated heterocycles. The number of amides is 2. The molecule has 2 amide bonds. The van der Waals surface area contributed by atoms with Gasteiger partial charge in [0, 0.05) is 44.2 Å². The van der Waals surface area contributed by atoms with Crippen molar-refractivity contribution < 1.29 is 14.0 Å². The minimum atomic E-state index is -0.281. The van der Waals surface area contributed by atoms with Gasteiger partial charge in [0.15, 0.2) is 5.82 Å². The average molecular weight is 454 g/mol. The summed E-state index contributed by atoms with van der Waals surface area (Å²) in [5.74, 6) is 0.891. The average Bonchev–Trinajstić information content (AvgIpc) is 3.64.